The monoisotopic (exact) mass is 643 g/mol. The predicted octanol–water partition coefficient (Wildman–Crippen LogP) is 5.60. The van der Waals surface area contributed by atoms with Gasteiger partial charge in [-0.25, -0.2) is 8.42 Å². The summed E-state index contributed by atoms with van der Waals surface area (Å²) in [4.78, 5) is 28.8. The van der Waals surface area contributed by atoms with Crippen LogP contribution in [0.1, 0.15) is 43.9 Å². The molecule has 8 nitrogen and oxygen atoms in total. The van der Waals surface area contributed by atoms with Crippen molar-refractivity contribution in [2.45, 2.75) is 64.6 Å². The average molecular weight is 645 g/mol. The molecule has 0 aliphatic rings. The lowest BCUT2D eigenvalue weighted by Crippen LogP contribution is -2.52. The van der Waals surface area contributed by atoms with E-state index in [2.05, 4.69) is 21.2 Å². The minimum Gasteiger partial charge on any atom is -0.495 e. The number of carbonyl (C=O) groups is 2. The smallest absolute Gasteiger partial charge is 0.264 e. The number of halogens is 1. The molecule has 3 aromatic carbocycles. The first-order valence-corrected chi connectivity index (χ1v) is 15.7. The van der Waals surface area contributed by atoms with Crippen LogP contribution in [0.5, 0.6) is 5.75 Å². The zero-order chi connectivity index (χ0) is 30.3. The molecule has 0 spiro atoms. The third kappa shape index (κ3) is 8.10. The first-order valence-electron chi connectivity index (χ1n) is 13.5. The summed E-state index contributed by atoms with van der Waals surface area (Å²) < 4.78 is 35.6. The number of anilines is 1. The minimum atomic E-state index is -4.20. The standard InChI is InChI=1S/C31H38BrN3O5S/c1-7-23(4)33-31(37)24(5)34(19-25-9-8-10-26(32)18-25)30(36)20-35(28-17-22(3)13-16-29(28)40-6)41(38,39)27-14-11-21(2)12-15-27/h8-18,23-24H,7,19-20H2,1-6H3,(H,33,37). The molecule has 0 aliphatic carbocycles. The highest BCUT2D eigenvalue weighted by Gasteiger charge is 2.34. The molecule has 2 amide bonds. The van der Waals surface area contributed by atoms with Crippen molar-refractivity contribution in [3.05, 3.63) is 87.9 Å². The zero-order valence-corrected chi connectivity index (χ0v) is 26.8. The summed E-state index contributed by atoms with van der Waals surface area (Å²) in [5.74, 6) is -0.542. The largest absolute Gasteiger partial charge is 0.495 e. The molecule has 0 saturated carbocycles. The quantitative estimate of drug-likeness (QED) is 0.277. The molecule has 2 atom stereocenters. The molecule has 220 valence electrons. The Labute approximate surface area is 251 Å². The van der Waals surface area contributed by atoms with Gasteiger partial charge in [0.1, 0.15) is 18.3 Å². The maximum Gasteiger partial charge on any atom is 0.264 e. The number of hydrogen-bond donors (Lipinski definition) is 1. The maximum atomic E-state index is 14.1. The zero-order valence-electron chi connectivity index (χ0n) is 24.3. The maximum absolute atomic E-state index is 14.1. The van der Waals surface area contributed by atoms with Crippen molar-refractivity contribution in [1.82, 2.24) is 10.2 Å². The third-order valence-corrected chi connectivity index (χ3v) is 9.17. The second-order valence-corrected chi connectivity index (χ2v) is 12.9. The van der Waals surface area contributed by atoms with E-state index >= 15 is 0 Å². The highest BCUT2D eigenvalue weighted by molar-refractivity contribution is 9.10. The van der Waals surface area contributed by atoms with Crippen molar-refractivity contribution >= 4 is 43.5 Å². The van der Waals surface area contributed by atoms with Crippen LogP contribution in [0.25, 0.3) is 0 Å². The molecule has 0 radical (unpaired) electrons. The normalized spacial score (nSPS) is 12.8. The molecule has 0 heterocycles. The summed E-state index contributed by atoms with van der Waals surface area (Å²) in [6.45, 7) is 8.78. The lowest BCUT2D eigenvalue weighted by Gasteiger charge is -2.33. The molecule has 0 fully saturated rings. The summed E-state index contributed by atoms with van der Waals surface area (Å²) in [5.41, 5.74) is 2.73. The highest BCUT2D eigenvalue weighted by Crippen LogP contribution is 2.34. The third-order valence-electron chi connectivity index (χ3n) is 6.90. The van der Waals surface area contributed by atoms with Crippen LogP contribution in [0.4, 0.5) is 5.69 Å². The number of aryl methyl sites for hydroxylation is 2. The van der Waals surface area contributed by atoms with E-state index in [9.17, 15) is 18.0 Å². The summed E-state index contributed by atoms with van der Waals surface area (Å²) in [6, 6.07) is 18.1. The van der Waals surface area contributed by atoms with Gasteiger partial charge in [0.2, 0.25) is 11.8 Å². The number of amides is 2. The Morgan fingerprint density at radius 2 is 1.63 bits per heavy atom. The van der Waals surface area contributed by atoms with Crippen LogP contribution >= 0.6 is 15.9 Å². The van der Waals surface area contributed by atoms with Crippen LogP contribution in [-0.4, -0.2) is 50.9 Å². The molecule has 0 bridgehead atoms. The van der Waals surface area contributed by atoms with Gasteiger partial charge < -0.3 is 15.0 Å². The SMILES string of the molecule is CCC(C)NC(=O)C(C)N(Cc1cccc(Br)c1)C(=O)CN(c1cc(C)ccc1OC)S(=O)(=O)c1ccc(C)cc1. The first kappa shape index (κ1) is 32.1. The van der Waals surface area contributed by atoms with Gasteiger partial charge in [0.25, 0.3) is 10.0 Å². The Morgan fingerprint density at radius 3 is 2.24 bits per heavy atom. The van der Waals surface area contributed by atoms with E-state index < -0.39 is 28.5 Å². The molecular weight excluding hydrogens is 606 g/mol. The Hall–Kier alpha value is -3.37. The van der Waals surface area contributed by atoms with Gasteiger partial charge in [-0.1, -0.05) is 58.7 Å². The Morgan fingerprint density at radius 1 is 0.976 bits per heavy atom. The summed E-state index contributed by atoms with van der Waals surface area (Å²) in [6.07, 6.45) is 0.730. The fourth-order valence-corrected chi connectivity index (χ4v) is 6.09. The van der Waals surface area contributed by atoms with Crippen LogP contribution in [0, 0.1) is 13.8 Å². The van der Waals surface area contributed by atoms with Gasteiger partial charge in [0.05, 0.1) is 17.7 Å². The van der Waals surface area contributed by atoms with Crippen LogP contribution in [0.15, 0.2) is 76.1 Å². The second kappa shape index (κ2) is 14.0. The first-order chi connectivity index (χ1) is 19.4. The van der Waals surface area contributed by atoms with Crippen LogP contribution < -0.4 is 14.4 Å². The van der Waals surface area contributed by atoms with Crippen molar-refractivity contribution in [3.63, 3.8) is 0 Å². The molecule has 3 rings (SSSR count). The van der Waals surface area contributed by atoms with E-state index in [-0.39, 0.29) is 29.1 Å². The fraction of sp³-hybridized carbons (Fsp3) is 0.355. The lowest BCUT2D eigenvalue weighted by molar-refractivity contribution is -0.139. The van der Waals surface area contributed by atoms with Crippen molar-refractivity contribution in [2.24, 2.45) is 0 Å². The molecule has 0 saturated heterocycles. The highest BCUT2D eigenvalue weighted by atomic mass is 79.9. The van der Waals surface area contributed by atoms with Crippen molar-refractivity contribution in [1.29, 1.82) is 0 Å². The molecule has 41 heavy (non-hydrogen) atoms. The van der Waals surface area contributed by atoms with Gasteiger partial charge in [-0.3, -0.25) is 13.9 Å². The number of carbonyl (C=O) groups excluding carboxylic acids is 2. The molecule has 0 aromatic heterocycles. The number of sulfonamides is 1. The summed E-state index contributed by atoms with van der Waals surface area (Å²) in [5, 5.41) is 2.94. The van der Waals surface area contributed by atoms with Crippen molar-refractivity contribution < 1.29 is 22.7 Å². The average Bonchev–Trinajstić information content (AvgIpc) is 2.94. The van der Waals surface area contributed by atoms with E-state index in [1.807, 2.05) is 58.0 Å². The van der Waals surface area contributed by atoms with Crippen molar-refractivity contribution in [2.75, 3.05) is 18.0 Å². The molecular formula is C31H38BrN3O5S. The fourth-order valence-electron chi connectivity index (χ4n) is 4.23. The van der Waals surface area contributed by atoms with Crippen LogP contribution in [0.3, 0.4) is 0 Å². The Kier molecular flexibility index (Phi) is 11.0. The van der Waals surface area contributed by atoms with Gasteiger partial charge in [-0.15, -0.1) is 0 Å². The van der Waals surface area contributed by atoms with Gasteiger partial charge in [-0.05, 0) is 81.6 Å². The molecule has 0 aliphatic heterocycles. The van der Waals surface area contributed by atoms with Gasteiger partial charge in [0, 0.05) is 17.1 Å². The number of nitrogens with one attached hydrogen (secondary N) is 1. The van der Waals surface area contributed by atoms with Crippen LogP contribution in [-0.2, 0) is 26.2 Å². The Bertz CT molecular complexity index is 1480. The van der Waals surface area contributed by atoms with E-state index in [4.69, 9.17) is 4.74 Å². The predicted molar refractivity (Wildman–Crippen MR) is 165 cm³/mol. The lowest BCUT2D eigenvalue weighted by atomic mass is 10.1. The summed E-state index contributed by atoms with van der Waals surface area (Å²) >= 11 is 3.46. The van der Waals surface area contributed by atoms with Crippen molar-refractivity contribution in [3.8, 4) is 5.75 Å². The number of nitrogens with zero attached hydrogens (tertiary/aromatic N) is 2. The van der Waals surface area contributed by atoms with E-state index in [0.29, 0.717) is 5.75 Å². The molecule has 10 heteroatoms. The number of methoxy groups -OCH3 is 1. The van der Waals surface area contributed by atoms with E-state index in [0.717, 1.165) is 31.9 Å². The van der Waals surface area contributed by atoms with Gasteiger partial charge in [0.15, 0.2) is 0 Å². The number of ether oxygens (including phenoxy) is 1. The molecule has 1 N–H and O–H groups in total. The number of benzene rings is 3. The van der Waals surface area contributed by atoms with E-state index in [1.54, 1.807) is 31.2 Å². The molecule has 3 aromatic rings. The Balaban J connectivity index is 2.10. The topological polar surface area (TPSA) is 96.0 Å². The second-order valence-electron chi connectivity index (χ2n) is 10.1. The van der Waals surface area contributed by atoms with Gasteiger partial charge in [-0.2, -0.15) is 0 Å². The van der Waals surface area contributed by atoms with Gasteiger partial charge >= 0.3 is 0 Å². The number of hydrogen-bond acceptors (Lipinski definition) is 5. The van der Waals surface area contributed by atoms with Crippen LogP contribution in [0.2, 0.25) is 0 Å². The molecule has 2 unspecified atom stereocenters. The number of rotatable bonds is 12. The van der Waals surface area contributed by atoms with E-state index in [1.165, 1.54) is 24.1 Å². The summed E-state index contributed by atoms with van der Waals surface area (Å²) in [7, 11) is -2.75. The minimum absolute atomic E-state index is 0.0422.